The molecule has 0 aliphatic carbocycles. The molecule has 1 unspecified atom stereocenters. The van der Waals surface area contributed by atoms with Crippen LogP contribution in [0.15, 0.2) is 24.4 Å². The van der Waals surface area contributed by atoms with E-state index in [1.807, 2.05) is 0 Å². The summed E-state index contributed by atoms with van der Waals surface area (Å²) in [6.45, 7) is -0.165. The first-order valence-electron chi connectivity index (χ1n) is 6.20. The largest absolute Gasteiger partial charge is 0.480 e. The van der Waals surface area contributed by atoms with E-state index >= 15 is 0 Å². The number of sulfonamides is 1. The maximum absolute atomic E-state index is 12.2. The Morgan fingerprint density at radius 1 is 1.45 bits per heavy atom. The number of carboxylic acid groups (broad SMARTS) is 1. The number of carboxylic acids is 1. The second kappa shape index (κ2) is 5.86. The maximum atomic E-state index is 12.2. The van der Waals surface area contributed by atoms with Gasteiger partial charge in [-0.25, -0.2) is 8.42 Å². The van der Waals surface area contributed by atoms with E-state index < -0.39 is 28.1 Å². The summed E-state index contributed by atoms with van der Waals surface area (Å²) in [5.41, 5.74) is 0.627. The van der Waals surface area contributed by atoms with Crippen LogP contribution in [-0.2, 0) is 21.2 Å². The monoisotopic (exact) mass is 300 g/mol. The summed E-state index contributed by atoms with van der Waals surface area (Å²) in [4.78, 5) is 15.1. The molecule has 8 heteroatoms. The Morgan fingerprint density at radius 3 is 2.80 bits per heavy atom. The van der Waals surface area contributed by atoms with Gasteiger partial charge >= 0.3 is 5.97 Å². The van der Waals surface area contributed by atoms with Gasteiger partial charge in [0.05, 0.1) is 11.9 Å². The van der Waals surface area contributed by atoms with Gasteiger partial charge in [-0.05, 0) is 12.1 Å². The average molecular weight is 300 g/mol. The molecule has 0 amide bonds. The van der Waals surface area contributed by atoms with Gasteiger partial charge in [0.25, 0.3) is 0 Å². The zero-order valence-corrected chi connectivity index (χ0v) is 11.5. The van der Waals surface area contributed by atoms with E-state index in [0.29, 0.717) is 5.69 Å². The van der Waals surface area contributed by atoms with Crippen LogP contribution in [0.2, 0.25) is 0 Å². The quantitative estimate of drug-likeness (QED) is 0.757. The van der Waals surface area contributed by atoms with E-state index in [4.69, 9.17) is 5.11 Å². The number of aliphatic hydroxyl groups is 1. The first kappa shape index (κ1) is 14.9. The third-order valence-corrected chi connectivity index (χ3v) is 5.06. The van der Waals surface area contributed by atoms with Crippen molar-refractivity contribution in [1.29, 1.82) is 0 Å². The zero-order chi connectivity index (χ0) is 14.8. The third kappa shape index (κ3) is 3.33. The van der Waals surface area contributed by atoms with E-state index in [2.05, 4.69) is 4.98 Å². The summed E-state index contributed by atoms with van der Waals surface area (Å²) < 4.78 is 25.3. The lowest BCUT2D eigenvalue weighted by Gasteiger charge is -2.20. The van der Waals surface area contributed by atoms with Crippen LogP contribution in [0.25, 0.3) is 0 Å². The van der Waals surface area contributed by atoms with Crippen molar-refractivity contribution in [2.75, 3.05) is 12.3 Å². The van der Waals surface area contributed by atoms with Crippen LogP contribution < -0.4 is 0 Å². The molecule has 0 saturated carbocycles. The zero-order valence-electron chi connectivity index (χ0n) is 10.7. The molecule has 1 aliphatic rings. The van der Waals surface area contributed by atoms with Crippen molar-refractivity contribution in [2.45, 2.75) is 25.0 Å². The molecule has 1 fully saturated rings. The number of pyridine rings is 1. The SMILES string of the molecule is O=C(O)[C@@H]1CC(O)CN1S(=O)(=O)CCc1ccccn1. The number of aromatic nitrogens is 1. The number of aliphatic carboxylic acids is 1. The summed E-state index contributed by atoms with van der Waals surface area (Å²) in [7, 11) is -3.73. The van der Waals surface area contributed by atoms with E-state index in [1.54, 1.807) is 24.4 Å². The van der Waals surface area contributed by atoms with Crippen LogP contribution in [0.4, 0.5) is 0 Å². The molecule has 2 atom stereocenters. The molecule has 1 aromatic heterocycles. The van der Waals surface area contributed by atoms with Gasteiger partial charge in [0.15, 0.2) is 0 Å². The predicted molar refractivity (Wildman–Crippen MR) is 70.5 cm³/mol. The Labute approximate surface area is 116 Å². The maximum Gasteiger partial charge on any atom is 0.322 e. The molecule has 1 aliphatic heterocycles. The van der Waals surface area contributed by atoms with Crippen LogP contribution in [0.5, 0.6) is 0 Å². The van der Waals surface area contributed by atoms with Gasteiger partial charge in [-0.1, -0.05) is 6.07 Å². The lowest BCUT2D eigenvalue weighted by molar-refractivity contribution is -0.140. The van der Waals surface area contributed by atoms with E-state index in [0.717, 1.165) is 4.31 Å². The van der Waals surface area contributed by atoms with Crippen molar-refractivity contribution in [3.05, 3.63) is 30.1 Å². The first-order chi connectivity index (χ1) is 9.40. The highest BCUT2D eigenvalue weighted by Gasteiger charge is 2.42. The van der Waals surface area contributed by atoms with Crippen LogP contribution in [-0.4, -0.2) is 58.3 Å². The highest BCUT2D eigenvalue weighted by Crippen LogP contribution is 2.22. The fourth-order valence-electron chi connectivity index (χ4n) is 2.21. The molecular weight excluding hydrogens is 284 g/mol. The lowest BCUT2D eigenvalue weighted by atomic mass is 10.2. The van der Waals surface area contributed by atoms with Crippen LogP contribution in [0.1, 0.15) is 12.1 Å². The highest BCUT2D eigenvalue weighted by molar-refractivity contribution is 7.89. The van der Waals surface area contributed by atoms with Crippen LogP contribution in [0.3, 0.4) is 0 Å². The molecule has 2 heterocycles. The van der Waals surface area contributed by atoms with Crippen molar-refractivity contribution < 1.29 is 23.4 Å². The summed E-state index contributed by atoms with van der Waals surface area (Å²) in [5.74, 6) is -1.46. The summed E-state index contributed by atoms with van der Waals surface area (Å²) in [6, 6.07) is 4.02. The summed E-state index contributed by atoms with van der Waals surface area (Å²) >= 11 is 0. The van der Waals surface area contributed by atoms with Gasteiger partial charge in [-0.2, -0.15) is 4.31 Å². The Kier molecular flexibility index (Phi) is 4.36. The molecule has 0 aromatic carbocycles. The van der Waals surface area contributed by atoms with Gasteiger partial charge in [0.2, 0.25) is 10.0 Å². The number of aryl methyl sites for hydroxylation is 1. The molecule has 0 bridgehead atoms. The Bertz CT molecular complexity index is 575. The Morgan fingerprint density at radius 2 is 2.20 bits per heavy atom. The topological polar surface area (TPSA) is 108 Å². The number of carbonyl (C=O) groups is 1. The van der Waals surface area contributed by atoms with E-state index in [9.17, 15) is 18.3 Å². The minimum atomic E-state index is -3.73. The van der Waals surface area contributed by atoms with Gasteiger partial charge in [0.1, 0.15) is 6.04 Å². The molecule has 7 nitrogen and oxygen atoms in total. The second-order valence-corrected chi connectivity index (χ2v) is 6.74. The number of β-amino-alcohol motifs (C(OH)–C–C–N with tert-alkyl or cyclic N) is 1. The molecular formula is C12H16N2O5S. The number of hydrogen-bond donors (Lipinski definition) is 2. The van der Waals surface area contributed by atoms with Crippen molar-refractivity contribution >= 4 is 16.0 Å². The normalized spacial score (nSPS) is 23.9. The fourth-order valence-corrected chi connectivity index (χ4v) is 3.88. The summed E-state index contributed by atoms with van der Waals surface area (Å²) in [5, 5.41) is 18.5. The minimum absolute atomic E-state index is 0.0713. The molecule has 1 saturated heterocycles. The fraction of sp³-hybridized carbons (Fsp3) is 0.500. The Hall–Kier alpha value is -1.51. The van der Waals surface area contributed by atoms with Crippen LogP contribution in [0, 0.1) is 0 Å². The smallest absolute Gasteiger partial charge is 0.322 e. The number of rotatable bonds is 5. The molecule has 2 rings (SSSR count). The molecule has 0 radical (unpaired) electrons. The minimum Gasteiger partial charge on any atom is -0.480 e. The average Bonchev–Trinajstić information content (AvgIpc) is 2.81. The van der Waals surface area contributed by atoms with Crippen LogP contribution >= 0.6 is 0 Å². The molecule has 1 aromatic rings. The standard InChI is InChI=1S/C12H16N2O5S/c15-10-7-11(12(16)17)14(8-10)20(18,19)6-4-9-3-1-2-5-13-9/h1-3,5,10-11,15H,4,6-8H2,(H,16,17)/t10?,11-/m0/s1. The highest BCUT2D eigenvalue weighted by atomic mass is 32.2. The predicted octanol–water partition coefficient (Wildman–Crippen LogP) is -0.526. The van der Waals surface area contributed by atoms with Gasteiger partial charge in [0, 0.05) is 31.3 Å². The van der Waals surface area contributed by atoms with E-state index in [1.165, 1.54) is 0 Å². The Balaban J connectivity index is 2.08. The number of aliphatic hydroxyl groups excluding tert-OH is 1. The van der Waals surface area contributed by atoms with Crippen molar-refractivity contribution in [1.82, 2.24) is 9.29 Å². The first-order valence-corrected chi connectivity index (χ1v) is 7.81. The second-order valence-electron chi connectivity index (χ2n) is 4.70. The van der Waals surface area contributed by atoms with Crippen molar-refractivity contribution in [3.8, 4) is 0 Å². The molecule has 0 spiro atoms. The molecule has 110 valence electrons. The molecule has 20 heavy (non-hydrogen) atoms. The van der Waals surface area contributed by atoms with Gasteiger partial charge in [-0.3, -0.25) is 9.78 Å². The van der Waals surface area contributed by atoms with Gasteiger partial charge in [-0.15, -0.1) is 0 Å². The number of nitrogens with zero attached hydrogens (tertiary/aromatic N) is 2. The molecule has 2 N–H and O–H groups in total. The number of hydrogen-bond acceptors (Lipinski definition) is 5. The van der Waals surface area contributed by atoms with E-state index in [-0.39, 0.29) is 25.1 Å². The van der Waals surface area contributed by atoms with Gasteiger partial charge < -0.3 is 10.2 Å². The lowest BCUT2D eigenvalue weighted by Crippen LogP contribution is -2.42. The third-order valence-electron chi connectivity index (χ3n) is 3.22. The van der Waals surface area contributed by atoms with Crippen molar-refractivity contribution in [3.63, 3.8) is 0 Å². The van der Waals surface area contributed by atoms with Crippen molar-refractivity contribution in [2.24, 2.45) is 0 Å². The summed E-state index contributed by atoms with van der Waals surface area (Å²) in [6.07, 6.45) is 0.780.